The molecule has 8 heteroatoms. The molecule has 0 amide bonds. The van der Waals surface area contributed by atoms with Gasteiger partial charge in [-0.15, -0.1) is 0 Å². The lowest BCUT2D eigenvalue weighted by molar-refractivity contribution is 0.176. The molecule has 0 atom stereocenters. The summed E-state index contributed by atoms with van der Waals surface area (Å²) in [5, 5.41) is 4.71. The van der Waals surface area contributed by atoms with Crippen molar-refractivity contribution in [2.75, 3.05) is 18.9 Å². The van der Waals surface area contributed by atoms with Crippen molar-refractivity contribution in [3.8, 4) is 0 Å². The van der Waals surface area contributed by atoms with Gasteiger partial charge in [0, 0.05) is 30.6 Å². The molecule has 2 aliphatic rings. The zero-order valence-electron chi connectivity index (χ0n) is 19.7. The van der Waals surface area contributed by atoms with Gasteiger partial charge in [-0.2, -0.15) is 0 Å². The largest absolute Gasteiger partial charge is 0.395 e. The summed E-state index contributed by atoms with van der Waals surface area (Å²) in [6.07, 6.45) is 9.81. The van der Waals surface area contributed by atoms with Crippen molar-refractivity contribution in [1.82, 2.24) is 20.0 Å². The number of hydrogen-bond acceptors (Lipinski definition) is 7. The van der Waals surface area contributed by atoms with Crippen LogP contribution >= 0.6 is 0 Å². The Morgan fingerprint density at radius 3 is 2.58 bits per heavy atom. The summed E-state index contributed by atoms with van der Waals surface area (Å²) in [7, 11) is 1.75. The molecular formula is C25H36FN7. The Morgan fingerprint density at radius 2 is 1.91 bits per heavy atom. The van der Waals surface area contributed by atoms with Crippen LogP contribution in [0.4, 0.5) is 10.3 Å². The lowest BCUT2D eigenvalue weighted by Gasteiger charge is -2.29. The van der Waals surface area contributed by atoms with Crippen molar-refractivity contribution in [3.05, 3.63) is 52.7 Å². The normalized spacial score (nSPS) is 21.8. The Balaban J connectivity index is 1.46. The molecule has 0 bridgehead atoms. The minimum Gasteiger partial charge on any atom is -0.395 e. The summed E-state index contributed by atoms with van der Waals surface area (Å²) in [5.74, 6) is 7.51. The summed E-state index contributed by atoms with van der Waals surface area (Å²) in [5.41, 5.74) is 11.6. The SMILES string of the molecule is Cc1nc(/C(N)=C(\CNc2nccc(C3CC(F)C3)n2)N(C)N)ccc1CC1CCCCC1. The Hall–Kier alpha value is -2.74. The first-order valence-electron chi connectivity index (χ1n) is 12.1. The monoisotopic (exact) mass is 453 g/mol. The van der Waals surface area contributed by atoms with Gasteiger partial charge in [0.15, 0.2) is 0 Å². The number of hydrogen-bond donors (Lipinski definition) is 3. The van der Waals surface area contributed by atoms with Crippen molar-refractivity contribution < 1.29 is 4.39 Å². The Labute approximate surface area is 195 Å². The smallest absolute Gasteiger partial charge is 0.223 e. The van der Waals surface area contributed by atoms with E-state index in [9.17, 15) is 4.39 Å². The number of nitrogens with one attached hydrogen (secondary N) is 1. The third kappa shape index (κ3) is 5.79. The first-order valence-corrected chi connectivity index (χ1v) is 12.1. The molecule has 33 heavy (non-hydrogen) atoms. The predicted octanol–water partition coefficient (Wildman–Crippen LogP) is 4.06. The Morgan fingerprint density at radius 1 is 1.15 bits per heavy atom. The molecule has 2 heterocycles. The van der Waals surface area contributed by atoms with Gasteiger partial charge < -0.3 is 16.1 Å². The molecule has 178 valence electrons. The van der Waals surface area contributed by atoms with E-state index in [0.29, 0.717) is 42.4 Å². The van der Waals surface area contributed by atoms with E-state index < -0.39 is 6.17 Å². The van der Waals surface area contributed by atoms with Crippen molar-refractivity contribution >= 4 is 11.6 Å². The molecule has 0 unspecified atom stereocenters. The highest BCUT2D eigenvalue weighted by molar-refractivity contribution is 5.63. The minimum absolute atomic E-state index is 0.167. The quantitative estimate of drug-likeness (QED) is 0.409. The maximum atomic E-state index is 13.2. The van der Waals surface area contributed by atoms with Crippen LogP contribution in [-0.4, -0.2) is 39.7 Å². The van der Waals surface area contributed by atoms with Gasteiger partial charge in [0.05, 0.1) is 23.6 Å². The zero-order chi connectivity index (χ0) is 23.4. The molecule has 2 fully saturated rings. The van der Waals surface area contributed by atoms with Gasteiger partial charge in [-0.3, -0.25) is 4.98 Å². The van der Waals surface area contributed by atoms with Crippen LogP contribution in [0.25, 0.3) is 5.70 Å². The number of pyridine rings is 1. The van der Waals surface area contributed by atoms with E-state index in [4.69, 9.17) is 16.6 Å². The minimum atomic E-state index is -0.716. The van der Waals surface area contributed by atoms with Gasteiger partial charge in [-0.25, -0.2) is 20.2 Å². The van der Waals surface area contributed by atoms with Gasteiger partial charge in [0.2, 0.25) is 5.95 Å². The fourth-order valence-electron chi connectivity index (χ4n) is 4.85. The van der Waals surface area contributed by atoms with Crippen LogP contribution < -0.4 is 16.9 Å². The maximum Gasteiger partial charge on any atom is 0.223 e. The average Bonchev–Trinajstić information content (AvgIpc) is 2.79. The lowest BCUT2D eigenvalue weighted by Crippen LogP contribution is -2.32. The van der Waals surface area contributed by atoms with Crippen molar-refractivity contribution in [1.29, 1.82) is 0 Å². The summed E-state index contributed by atoms with van der Waals surface area (Å²) in [6, 6.07) is 6.00. The highest BCUT2D eigenvalue weighted by atomic mass is 19.1. The second-order valence-corrected chi connectivity index (χ2v) is 9.54. The fourth-order valence-corrected chi connectivity index (χ4v) is 4.85. The third-order valence-corrected chi connectivity index (χ3v) is 7.03. The Bertz CT molecular complexity index is 978. The van der Waals surface area contributed by atoms with Crippen LogP contribution in [0.15, 0.2) is 30.1 Å². The van der Waals surface area contributed by atoms with Gasteiger partial charge in [-0.1, -0.05) is 38.2 Å². The topological polar surface area (TPSA) is 106 Å². The highest BCUT2D eigenvalue weighted by Crippen LogP contribution is 2.37. The number of aryl methyl sites for hydroxylation is 1. The number of nitrogens with two attached hydrogens (primary N) is 2. The molecular weight excluding hydrogens is 417 g/mol. The molecule has 2 aliphatic carbocycles. The van der Waals surface area contributed by atoms with Crippen LogP contribution in [-0.2, 0) is 6.42 Å². The van der Waals surface area contributed by atoms with Crippen LogP contribution in [0.2, 0.25) is 0 Å². The first kappa shape index (κ1) is 23.4. The fraction of sp³-hybridized carbons (Fsp3) is 0.560. The first-order chi connectivity index (χ1) is 15.9. The molecule has 4 rings (SSSR count). The lowest BCUT2D eigenvalue weighted by atomic mass is 9.81. The molecule has 0 radical (unpaired) electrons. The standard InChI is InChI=1S/C25H36FN7/c1-16-18(12-17-6-4-3-5-7-17)8-9-22(31-16)24(27)23(33(2)28)15-30-25-29-11-10-21(32-25)19-13-20(26)14-19/h8-11,17,19-20H,3-7,12-15,27-28H2,1-2H3,(H,29,30,32)/b24-23-. The predicted molar refractivity (Wildman–Crippen MR) is 130 cm³/mol. The van der Waals surface area contributed by atoms with Crippen LogP contribution in [0.1, 0.15) is 73.5 Å². The van der Waals surface area contributed by atoms with E-state index in [2.05, 4.69) is 28.3 Å². The van der Waals surface area contributed by atoms with Gasteiger partial charge in [0.1, 0.15) is 6.17 Å². The highest BCUT2D eigenvalue weighted by Gasteiger charge is 2.31. The van der Waals surface area contributed by atoms with Crippen molar-refractivity contribution in [2.45, 2.75) is 70.4 Å². The zero-order valence-corrected chi connectivity index (χ0v) is 19.7. The van der Waals surface area contributed by atoms with Gasteiger partial charge >= 0.3 is 0 Å². The molecule has 5 N–H and O–H groups in total. The number of nitrogens with zero attached hydrogens (tertiary/aromatic N) is 4. The van der Waals surface area contributed by atoms with Crippen LogP contribution in [0.5, 0.6) is 0 Å². The molecule has 0 aromatic carbocycles. The number of likely N-dealkylation sites (N-methyl/N-ethyl adjacent to an activating group) is 1. The van der Waals surface area contributed by atoms with Crippen LogP contribution in [0.3, 0.4) is 0 Å². The summed E-state index contributed by atoms with van der Waals surface area (Å²) >= 11 is 0. The van der Waals surface area contributed by atoms with E-state index in [1.807, 2.05) is 12.1 Å². The van der Waals surface area contributed by atoms with E-state index >= 15 is 0 Å². The van der Waals surface area contributed by atoms with Crippen LogP contribution in [0, 0.1) is 12.8 Å². The molecule has 0 saturated heterocycles. The molecule has 7 nitrogen and oxygen atoms in total. The van der Waals surface area contributed by atoms with E-state index in [-0.39, 0.29) is 5.92 Å². The molecule has 0 aliphatic heterocycles. The van der Waals surface area contributed by atoms with E-state index in [1.165, 1.54) is 42.7 Å². The summed E-state index contributed by atoms with van der Waals surface area (Å²) < 4.78 is 13.2. The number of aromatic nitrogens is 3. The van der Waals surface area contributed by atoms with Crippen molar-refractivity contribution in [2.24, 2.45) is 17.5 Å². The molecule has 0 spiro atoms. The number of rotatable bonds is 8. The number of alkyl halides is 1. The third-order valence-electron chi connectivity index (χ3n) is 7.03. The Kier molecular flexibility index (Phi) is 7.42. The van der Waals surface area contributed by atoms with E-state index in [0.717, 1.165) is 23.7 Å². The van der Waals surface area contributed by atoms with Gasteiger partial charge in [-0.05, 0) is 49.8 Å². The molecule has 2 saturated carbocycles. The average molecular weight is 454 g/mol. The number of hydrazine groups is 1. The second-order valence-electron chi connectivity index (χ2n) is 9.54. The van der Waals surface area contributed by atoms with Gasteiger partial charge in [0.25, 0.3) is 0 Å². The summed E-state index contributed by atoms with van der Waals surface area (Å²) in [4.78, 5) is 13.6. The van der Waals surface area contributed by atoms with E-state index in [1.54, 1.807) is 13.2 Å². The summed E-state index contributed by atoms with van der Waals surface area (Å²) in [6.45, 7) is 2.41. The second kappa shape index (κ2) is 10.5. The number of halogens is 1. The molecule has 2 aromatic heterocycles. The maximum absolute atomic E-state index is 13.2. The number of anilines is 1. The molecule has 2 aromatic rings. The van der Waals surface area contributed by atoms with Crippen molar-refractivity contribution in [3.63, 3.8) is 0 Å².